The van der Waals surface area contributed by atoms with Crippen molar-refractivity contribution in [3.63, 3.8) is 0 Å². The summed E-state index contributed by atoms with van der Waals surface area (Å²) in [7, 11) is 0. The summed E-state index contributed by atoms with van der Waals surface area (Å²) >= 11 is 0. The number of rotatable bonds is 2. The number of hydrogen-bond acceptors (Lipinski definition) is 6. The highest BCUT2D eigenvalue weighted by molar-refractivity contribution is 5.94. The van der Waals surface area contributed by atoms with E-state index in [1.54, 1.807) is 0 Å². The molecule has 30 heavy (non-hydrogen) atoms. The highest BCUT2D eigenvalue weighted by Gasteiger charge is 2.16. The maximum Gasteiger partial charge on any atom is 0.213 e. The van der Waals surface area contributed by atoms with Gasteiger partial charge in [-0.15, -0.1) is 0 Å². The van der Waals surface area contributed by atoms with Gasteiger partial charge in [-0.25, -0.2) is 0 Å². The lowest BCUT2D eigenvalue weighted by Gasteiger charge is -2.17. The topological polar surface area (TPSA) is 82.6 Å². The van der Waals surface area contributed by atoms with Crippen molar-refractivity contribution in [2.45, 2.75) is 38.8 Å². The largest absolute Gasteiger partial charge is 0.494 e. The summed E-state index contributed by atoms with van der Waals surface area (Å²) in [6.07, 6.45) is 2.30. The van der Waals surface area contributed by atoms with Gasteiger partial charge in [0.05, 0.1) is 18.7 Å². The predicted octanol–water partition coefficient (Wildman–Crippen LogP) is 2.99. The van der Waals surface area contributed by atoms with E-state index in [0.29, 0.717) is 19.8 Å². The number of H-pyrrole nitrogens is 1. The number of hydrogen-bond donors (Lipinski definition) is 3. The second-order valence-electron chi connectivity index (χ2n) is 8.12. The zero-order valence-electron chi connectivity index (χ0n) is 17.1. The Morgan fingerprint density at radius 1 is 1.10 bits per heavy atom. The van der Waals surface area contributed by atoms with Crippen LogP contribution in [-0.4, -0.2) is 52.9 Å². The number of aromatic nitrogens is 2. The van der Waals surface area contributed by atoms with Crippen molar-refractivity contribution in [2.75, 3.05) is 26.2 Å². The fourth-order valence-electron chi connectivity index (χ4n) is 4.30. The Bertz CT molecular complexity index is 1010. The highest BCUT2D eigenvalue weighted by atomic mass is 16.6. The maximum atomic E-state index is 10.1. The molecule has 3 heterocycles. The van der Waals surface area contributed by atoms with E-state index in [4.69, 9.17) is 9.47 Å². The van der Waals surface area contributed by atoms with E-state index in [1.165, 1.54) is 18.4 Å². The number of ether oxygens (including phenoxy) is 2. The molecule has 7 nitrogen and oxygen atoms in total. The Labute approximate surface area is 176 Å². The van der Waals surface area contributed by atoms with E-state index >= 15 is 0 Å². The van der Waals surface area contributed by atoms with E-state index in [2.05, 4.69) is 44.7 Å². The summed E-state index contributed by atoms with van der Waals surface area (Å²) in [6.45, 7) is 4.71. The SMILES string of the molecule is OC1NCCCOc2ccc3[nH]nc(c3c2)-c2cc(cc(CN3CCCC3)c2)CO1. The zero-order valence-corrected chi connectivity index (χ0v) is 17.1. The van der Waals surface area contributed by atoms with Gasteiger partial charge in [-0.3, -0.25) is 15.3 Å². The fraction of sp³-hybridized carbons (Fsp3) is 0.435. The van der Waals surface area contributed by atoms with Crippen molar-refractivity contribution in [2.24, 2.45) is 0 Å². The predicted molar refractivity (Wildman–Crippen MR) is 115 cm³/mol. The van der Waals surface area contributed by atoms with Crippen LogP contribution in [0.1, 0.15) is 30.4 Å². The summed E-state index contributed by atoms with van der Waals surface area (Å²) in [6, 6.07) is 12.5. The maximum absolute atomic E-state index is 10.1. The van der Waals surface area contributed by atoms with Crippen LogP contribution in [0.15, 0.2) is 36.4 Å². The molecule has 2 aromatic carbocycles. The number of aromatic amines is 1. The van der Waals surface area contributed by atoms with Gasteiger partial charge >= 0.3 is 0 Å². The number of benzene rings is 2. The van der Waals surface area contributed by atoms with Gasteiger partial charge in [0.15, 0.2) is 0 Å². The molecule has 0 spiro atoms. The van der Waals surface area contributed by atoms with Crippen LogP contribution in [0.5, 0.6) is 5.75 Å². The van der Waals surface area contributed by atoms with Crippen LogP contribution in [0, 0.1) is 0 Å². The molecule has 1 atom stereocenters. The first-order chi connectivity index (χ1) is 14.7. The third kappa shape index (κ3) is 4.34. The van der Waals surface area contributed by atoms with Crippen molar-refractivity contribution in [3.05, 3.63) is 47.5 Å². The lowest BCUT2D eigenvalue weighted by Crippen LogP contribution is -2.32. The smallest absolute Gasteiger partial charge is 0.213 e. The van der Waals surface area contributed by atoms with Crippen LogP contribution in [0.3, 0.4) is 0 Å². The monoisotopic (exact) mass is 408 g/mol. The van der Waals surface area contributed by atoms with Gasteiger partial charge in [-0.2, -0.15) is 5.10 Å². The van der Waals surface area contributed by atoms with Crippen LogP contribution in [0.25, 0.3) is 22.2 Å². The number of fused-ring (bicyclic) bond motifs is 4. The summed E-state index contributed by atoms with van der Waals surface area (Å²) in [5.41, 5.74) is 5.21. The summed E-state index contributed by atoms with van der Waals surface area (Å²) in [5.74, 6) is 0.824. The Kier molecular flexibility index (Phi) is 5.68. The molecule has 3 aromatic rings. The number of likely N-dealkylation sites (tertiary alicyclic amines) is 1. The molecule has 2 aliphatic rings. The molecule has 1 aromatic heterocycles. The van der Waals surface area contributed by atoms with Crippen molar-refractivity contribution in [1.29, 1.82) is 0 Å². The molecule has 0 aliphatic carbocycles. The highest BCUT2D eigenvalue weighted by Crippen LogP contribution is 2.31. The Morgan fingerprint density at radius 2 is 2.00 bits per heavy atom. The number of aliphatic hydroxyl groups excluding tert-OH is 1. The van der Waals surface area contributed by atoms with Gasteiger partial charge in [-0.05, 0) is 73.8 Å². The van der Waals surface area contributed by atoms with Gasteiger partial charge in [0.2, 0.25) is 6.41 Å². The van der Waals surface area contributed by atoms with Crippen LogP contribution in [0.2, 0.25) is 0 Å². The first-order valence-corrected chi connectivity index (χ1v) is 10.7. The third-order valence-electron chi connectivity index (χ3n) is 5.78. The van der Waals surface area contributed by atoms with Crippen molar-refractivity contribution in [3.8, 4) is 17.0 Å². The van der Waals surface area contributed by atoms with Gasteiger partial charge in [0.25, 0.3) is 0 Å². The first-order valence-electron chi connectivity index (χ1n) is 10.7. The molecule has 7 heteroatoms. The van der Waals surface area contributed by atoms with Gasteiger partial charge in [0, 0.05) is 24.0 Å². The minimum atomic E-state index is -1.00. The average molecular weight is 409 g/mol. The minimum Gasteiger partial charge on any atom is -0.494 e. The molecule has 0 amide bonds. The van der Waals surface area contributed by atoms with Crippen LogP contribution in [-0.2, 0) is 17.9 Å². The number of aliphatic hydroxyl groups is 1. The van der Waals surface area contributed by atoms with E-state index in [-0.39, 0.29) is 0 Å². The van der Waals surface area contributed by atoms with Gasteiger partial charge < -0.3 is 14.6 Å². The Hall–Kier alpha value is -2.45. The zero-order chi connectivity index (χ0) is 20.3. The Balaban J connectivity index is 1.55. The van der Waals surface area contributed by atoms with Crippen LogP contribution < -0.4 is 10.1 Å². The van der Waals surface area contributed by atoms with Gasteiger partial charge in [-0.1, -0.05) is 6.07 Å². The Morgan fingerprint density at radius 3 is 2.90 bits per heavy atom. The second kappa shape index (κ2) is 8.73. The molecule has 1 unspecified atom stereocenters. The molecule has 0 radical (unpaired) electrons. The third-order valence-corrected chi connectivity index (χ3v) is 5.78. The lowest BCUT2D eigenvalue weighted by atomic mass is 10.0. The van der Waals surface area contributed by atoms with E-state index in [9.17, 15) is 5.11 Å². The number of nitrogens with one attached hydrogen (secondary N) is 2. The van der Waals surface area contributed by atoms with E-state index in [0.717, 1.165) is 59.5 Å². The van der Waals surface area contributed by atoms with Crippen molar-refractivity contribution in [1.82, 2.24) is 20.4 Å². The molecule has 0 saturated carbocycles. The summed E-state index contributed by atoms with van der Waals surface area (Å²) in [4.78, 5) is 2.48. The molecular weight excluding hydrogens is 380 g/mol. The molecule has 1 saturated heterocycles. The standard InChI is InChI=1S/C23H28N4O3/c28-23-24-6-3-9-29-19-4-5-21-20(13-19)22(26-25-21)18-11-16(10-17(12-18)15-30-23)14-27-7-1-2-8-27/h4-5,10-13,23-24,28H,1-3,6-9,14-15H2,(H,25,26). The van der Waals surface area contributed by atoms with Crippen LogP contribution >= 0.6 is 0 Å². The molecule has 158 valence electrons. The number of nitrogens with zero attached hydrogens (tertiary/aromatic N) is 2. The molecule has 5 rings (SSSR count). The minimum absolute atomic E-state index is 0.332. The molecular formula is C23H28N4O3. The summed E-state index contributed by atoms with van der Waals surface area (Å²) < 4.78 is 11.5. The molecule has 1 fully saturated rings. The molecule has 3 N–H and O–H groups in total. The normalized spacial score (nSPS) is 20.8. The van der Waals surface area contributed by atoms with Crippen molar-refractivity contribution < 1.29 is 14.6 Å². The average Bonchev–Trinajstić information content (AvgIpc) is 3.41. The summed E-state index contributed by atoms with van der Waals surface area (Å²) in [5, 5.41) is 21.9. The quantitative estimate of drug-likeness (QED) is 0.605. The second-order valence-corrected chi connectivity index (χ2v) is 8.12. The first kappa shape index (κ1) is 19.5. The molecule has 2 aliphatic heterocycles. The fourth-order valence-corrected chi connectivity index (χ4v) is 4.30. The van der Waals surface area contributed by atoms with Crippen LogP contribution in [0.4, 0.5) is 0 Å². The van der Waals surface area contributed by atoms with Gasteiger partial charge in [0.1, 0.15) is 11.4 Å². The lowest BCUT2D eigenvalue weighted by molar-refractivity contribution is -0.128. The molecule has 4 bridgehead atoms. The van der Waals surface area contributed by atoms with E-state index in [1.807, 2.05) is 12.1 Å². The van der Waals surface area contributed by atoms with Crippen molar-refractivity contribution >= 4 is 10.9 Å². The van der Waals surface area contributed by atoms with E-state index < -0.39 is 6.41 Å².